The Morgan fingerprint density at radius 1 is 1.14 bits per heavy atom. The lowest BCUT2D eigenvalue weighted by molar-refractivity contribution is 0.579. The molecule has 0 saturated heterocycles. The Morgan fingerprint density at radius 2 is 1.86 bits per heavy atom. The van der Waals surface area contributed by atoms with Gasteiger partial charge in [0.1, 0.15) is 17.5 Å². The van der Waals surface area contributed by atoms with E-state index in [2.05, 4.69) is 31.3 Å². The molecule has 3 N–H and O–H groups in total. The highest BCUT2D eigenvalue weighted by atomic mass is 79.9. The van der Waals surface area contributed by atoms with Gasteiger partial charge in [-0.15, -0.1) is 0 Å². The van der Waals surface area contributed by atoms with Crippen molar-refractivity contribution in [1.29, 1.82) is 0 Å². The van der Waals surface area contributed by atoms with E-state index in [0.29, 0.717) is 17.1 Å². The zero-order chi connectivity index (χ0) is 15.7. The third kappa shape index (κ3) is 2.65. The molecule has 0 radical (unpaired) electrons. The van der Waals surface area contributed by atoms with Crippen LogP contribution in [0.4, 0.5) is 14.5 Å². The molecule has 0 saturated carbocycles. The number of hydrazine groups is 1. The Morgan fingerprint density at radius 3 is 2.55 bits per heavy atom. The third-order valence-corrected chi connectivity index (χ3v) is 3.72. The molecule has 0 aromatic heterocycles. The number of nitrogens with two attached hydrogens (primary N) is 1. The summed E-state index contributed by atoms with van der Waals surface area (Å²) >= 11 is 3.35. The lowest BCUT2D eigenvalue weighted by atomic mass is 9.99. The number of nitrogens with one attached hydrogen (secondary N) is 1. The topological polar surface area (TPSA) is 62.8 Å². The Bertz CT molecular complexity index is 782. The molecule has 2 aromatic rings. The number of benzene rings is 2. The first kappa shape index (κ1) is 14.8. The first-order valence-electron chi connectivity index (χ1n) is 6.43. The Labute approximate surface area is 133 Å². The minimum absolute atomic E-state index is 0.103. The summed E-state index contributed by atoms with van der Waals surface area (Å²) in [6.45, 7) is 0.103. The zero-order valence-electron chi connectivity index (χ0n) is 11.3. The van der Waals surface area contributed by atoms with E-state index in [1.807, 2.05) is 0 Å². The molecule has 0 atom stereocenters. The van der Waals surface area contributed by atoms with Crippen LogP contribution >= 0.6 is 15.9 Å². The first-order chi connectivity index (χ1) is 10.6. The lowest BCUT2D eigenvalue weighted by Crippen LogP contribution is -2.32. The summed E-state index contributed by atoms with van der Waals surface area (Å²) in [6, 6.07) is 8.95. The van der Waals surface area contributed by atoms with Gasteiger partial charge in [-0.05, 0) is 30.3 Å². The molecule has 0 fully saturated rings. The van der Waals surface area contributed by atoms with Crippen molar-refractivity contribution in [2.75, 3.05) is 6.54 Å². The van der Waals surface area contributed by atoms with Crippen molar-refractivity contribution in [3.05, 3.63) is 63.6 Å². The minimum atomic E-state index is -0.670. The summed E-state index contributed by atoms with van der Waals surface area (Å²) in [5, 5.41) is 0. The molecule has 0 unspecified atom stereocenters. The largest absolute Gasteiger partial charge is 0.310 e. The average Bonchev–Trinajstić information content (AvgIpc) is 2.66. The molecular formula is C15H11BrF2N4. The van der Waals surface area contributed by atoms with E-state index in [1.165, 1.54) is 18.2 Å². The van der Waals surface area contributed by atoms with Crippen LogP contribution in [0.25, 0.3) is 0 Å². The predicted octanol–water partition coefficient (Wildman–Crippen LogP) is 3.07. The molecule has 0 amide bonds. The van der Waals surface area contributed by atoms with Gasteiger partial charge in [-0.3, -0.25) is 4.99 Å². The molecular weight excluding hydrogens is 354 g/mol. The van der Waals surface area contributed by atoms with Crippen LogP contribution in [-0.2, 0) is 0 Å². The van der Waals surface area contributed by atoms with Gasteiger partial charge in [0.05, 0.1) is 23.5 Å². The Hall–Kier alpha value is -2.12. The number of hydrogen-bond acceptors (Lipinski definition) is 4. The van der Waals surface area contributed by atoms with Crippen LogP contribution in [0.5, 0.6) is 0 Å². The highest BCUT2D eigenvalue weighted by molar-refractivity contribution is 9.10. The van der Waals surface area contributed by atoms with Gasteiger partial charge in [-0.1, -0.05) is 22.0 Å². The second kappa shape index (κ2) is 5.94. The molecule has 0 spiro atoms. The van der Waals surface area contributed by atoms with Crippen molar-refractivity contribution < 1.29 is 8.78 Å². The molecule has 7 heteroatoms. The summed E-state index contributed by atoms with van der Waals surface area (Å²) in [5.74, 6) is 4.47. The number of amidine groups is 1. The second-order valence-corrected chi connectivity index (χ2v) is 5.54. The van der Waals surface area contributed by atoms with Gasteiger partial charge in [-0.25, -0.2) is 19.6 Å². The van der Waals surface area contributed by atoms with Crippen molar-refractivity contribution >= 4 is 33.2 Å². The van der Waals surface area contributed by atoms with Crippen LogP contribution in [0.15, 0.2) is 50.9 Å². The van der Waals surface area contributed by atoms with Crippen LogP contribution in [-0.4, -0.2) is 18.1 Å². The number of aliphatic imine (C=N–C) groups is 2. The molecule has 1 heterocycles. The number of fused-ring (bicyclic) bond motifs is 1. The first-order valence-corrected chi connectivity index (χ1v) is 7.22. The number of rotatable bonds is 1. The molecule has 3 rings (SSSR count). The maximum atomic E-state index is 14.1. The summed E-state index contributed by atoms with van der Waals surface area (Å²) in [4.78, 5) is 8.63. The SMILES string of the molecule is NNC1=Nc2cc(Br)ccc2C(c2c(F)cccc2F)=NC1. The Kier molecular flexibility index (Phi) is 4.00. The maximum absolute atomic E-state index is 14.1. The quantitative estimate of drug-likeness (QED) is 0.603. The van der Waals surface area contributed by atoms with Gasteiger partial charge in [0.2, 0.25) is 0 Å². The van der Waals surface area contributed by atoms with Crippen LogP contribution in [0.1, 0.15) is 11.1 Å². The van der Waals surface area contributed by atoms with Crippen LogP contribution in [0.2, 0.25) is 0 Å². The van der Waals surface area contributed by atoms with E-state index in [9.17, 15) is 8.78 Å². The molecule has 0 aliphatic carbocycles. The average molecular weight is 365 g/mol. The van der Waals surface area contributed by atoms with Crippen LogP contribution in [0, 0.1) is 11.6 Å². The molecule has 0 bridgehead atoms. The maximum Gasteiger partial charge on any atom is 0.138 e. The fourth-order valence-electron chi connectivity index (χ4n) is 2.23. The number of halogens is 3. The fraction of sp³-hybridized carbons (Fsp3) is 0.0667. The van der Waals surface area contributed by atoms with E-state index in [4.69, 9.17) is 5.84 Å². The summed E-state index contributed by atoms with van der Waals surface area (Å²) < 4.78 is 29.0. The van der Waals surface area contributed by atoms with Crippen molar-refractivity contribution in [2.24, 2.45) is 15.8 Å². The molecule has 4 nitrogen and oxygen atoms in total. The van der Waals surface area contributed by atoms with Crippen LogP contribution in [0.3, 0.4) is 0 Å². The van der Waals surface area contributed by atoms with Gasteiger partial charge in [0.15, 0.2) is 0 Å². The highest BCUT2D eigenvalue weighted by Gasteiger charge is 2.21. The smallest absolute Gasteiger partial charge is 0.138 e. The minimum Gasteiger partial charge on any atom is -0.310 e. The third-order valence-electron chi connectivity index (χ3n) is 3.22. The van der Waals surface area contributed by atoms with Crippen molar-refractivity contribution in [2.45, 2.75) is 0 Å². The number of nitrogens with zero attached hydrogens (tertiary/aromatic N) is 2. The molecule has 1 aliphatic heterocycles. The van der Waals surface area contributed by atoms with E-state index in [1.54, 1.807) is 18.2 Å². The standard InChI is InChI=1S/C15H11BrF2N4/c16-8-4-5-9-12(6-8)21-13(22-19)7-20-15(9)14-10(17)2-1-3-11(14)18/h1-6H,7,19H2,(H,21,22). The monoisotopic (exact) mass is 364 g/mol. The lowest BCUT2D eigenvalue weighted by Gasteiger charge is -2.10. The van der Waals surface area contributed by atoms with Gasteiger partial charge < -0.3 is 5.43 Å². The van der Waals surface area contributed by atoms with Crippen molar-refractivity contribution in [3.63, 3.8) is 0 Å². The van der Waals surface area contributed by atoms with Crippen molar-refractivity contribution in [3.8, 4) is 0 Å². The van der Waals surface area contributed by atoms with E-state index in [0.717, 1.165) is 4.47 Å². The van der Waals surface area contributed by atoms with Gasteiger partial charge in [0, 0.05) is 10.0 Å². The van der Waals surface area contributed by atoms with Gasteiger partial charge in [0.25, 0.3) is 0 Å². The zero-order valence-corrected chi connectivity index (χ0v) is 12.9. The van der Waals surface area contributed by atoms with Crippen molar-refractivity contribution in [1.82, 2.24) is 5.43 Å². The molecule has 112 valence electrons. The van der Waals surface area contributed by atoms with E-state index >= 15 is 0 Å². The summed E-state index contributed by atoms with van der Waals surface area (Å²) in [6.07, 6.45) is 0. The van der Waals surface area contributed by atoms with Gasteiger partial charge >= 0.3 is 0 Å². The normalized spacial score (nSPS) is 13.8. The molecule has 1 aliphatic rings. The molecule has 22 heavy (non-hydrogen) atoms. The van der Waals surface area contributed by atoms with E-state index in [-0.39, 0.29) is 17.8 Å². The highest BCUT2D eigenvalue weighted by Crippen LogP contribution is 2.30. The fourth-order valence-corrected chi connectivity index (χ4v) is 2.58. The van der Waals surface area contributed by atoms with E-state index < -0.39 is 11.6 Å². The number of hydrogen-bond donors (Lipinski definition) is 2. The summed E-state index contributed by atoms with van der Waals surface area (Å²) in [7, 11) is 0. The summed E-state index contributed by atoms with van der Waals surface area (Å²) in [5.41, 5.74) is 3.56. The molecule has 2 aromatic carbocycles. The van der Waals surface area contributed by atoms with Gasteiger partial charge in [-0.2, -0.15) is 0 Å². The predicted molar refractivity (Wildman–Crippen MR) is 85.4 cm³/mol. The second-order valence-electron chi connectivity index (χ2n) is 4.63. The Balaban J connectivity index is 2.25. The van der Waals surface area contributed by atoms with Crippen LogP contribution < -0.4 is 11.3 Å².